The number of aromatic amines is 1. The maximum atomic E-state index is 12.0. The first kappa shape index (κ1) is 14.0. The van der Waals surface area contributed by atoms with Gasteiger partial charge in [-0.1, -0.05) is 13.3 Å². The molecule has 6 heteroatoms. The van der Waals surface area contributed by atoms with E-state index < -0.39 is 17.1 Å². The predicted molar refractivity (Wildman–Crippen MR) is 75.4 cm³/mol. The lowest BCUT2D eigenvalue weighted by Crippen LogP contribution is -2.37. The summed E-state index contributed by atoms with van der Waals surface area (Å²) in [6.07, 6.45) is 1.65. The zero-order chi connectivity index (χ0) is 14.9. The first-order chi connectivity index (χ1) is 9.45. The van der Waals surface area contributed by atoms with Crippen LogP contribution in [0, 0.1) is 0 Å². The molecule has 0 aliphatic heterocycles. The summed E-state index contributed by atoms with van der Waals surface area (Å²) in [6, 6.07) is 4.24. The Bertz CT molecular complexity index is 773. The second-order valence-corrected chi connectivity index (χ2v) is 4.80. The van der Waals surface area contributed by atoms with Crippen molar-refractivity contribution in [3.63, 3.8) is 0 Å². The highest BCUT2D eigenvalue weighted by atomic mass is 16.4. The zero-order valence-electron chi connectivity index (χ0n) is 11.3. The minimum absolute atomic E-state index is 0.0708. The molecular formula is C14H16N2O4. The maximum absolute atomic E-state index is 12.0. The molecule has 1 heterocycles. The van der Waals surface area contributed by atoms with E-state index in [1.54, 1.807) is 6.07 Å². The molecule has 1 atom stereocenters. The smallest absolute Gasteiger partial charge is 0.335 e. The van der Waals surface area contributed by atoms with Gasteiger partial charge in [-0.2, -0.15) is 0 Å². The summed E-state index contributed by atoms with van der Waals surface area (Å²) in [7, 11) is 0. The fourth-order valence-corrected chi connectivity index (χ4v) is 2.36. The summed E-state index contributed by atoms with van der Waals surface area (Å²) in [5, 5.41) is 8.97. The van der Waals surface area contributed by atoms with Crippen molar-refractivity contribution < 1.29 is 9.90 Å². The van der Waals surface area contributed by atoms with E-state index in [9.17, 15) is 14.4 Å². The van der Waals surface area contributed by atoms with Crippen molar-refractivity contribution in [2.24, 2.45) is 0 Å². The summed E-state index contributed by atoms with van der Waals surface area (Å²) in [5.41, 5.74) is -0.371. The van der Waals surface area contributed by atoms with Gasteiger partial charge in [0.15, 0.2) is 0 Å². The van der Waals surface area contributed by atoms with Crippen molar-refractivity contribution in [3.05, 3.63) is 44.5 Å². The minimum Gasteiger partial charge on any atom is -0.478 e. The van der Waals surface area contributed by atoms with Gasteiger partial charge in [0.25, 0.3) is 0 Å². The largest absolute Gasteiger partial charge is 0.478 e. The molecule has 6 nitrogen and oxygen atoms in total. The molecule has 0 bridgehead atoms. The Morgan fingerprint density at radius 2 is 2.10 bits per heavy atom. The van der Waals surface area contributed by atoms with Gasteiger partial charge >= 0.3 is 17.1 Å². The van der Waals surface area contributed by atoms with E-state index in [2.05, 4.69) is 4.98 Å². The molecule has 106 valence electrons. The molecular weight excluding hydrogens is 260 g/mol. The third-order valence-electron chi connectivity index (χ3n) is 3.31. The highest BCUT2D eigenvalue weighted by Crippen LogP contribution is 2.18. The van der Waals surface area contributed by atoms with Crippen molar-refractivity contribution in [3.8, 4) is 0 Å². The lowest BCUT2D eigenvalue weighted by molar-refractivity contribution is 0.0697. The van der Waals surface area contributed by atoms with Crippen LogP contribution in [0.4, 0.5) is 0 Å². The number of hydrogen-bond donors (Lipinski definition) is 2. The number of aromatic nitrogens is 2. The molecule has 2 N–H and O–H groups in total. The van der Waals surface area contributed by atoms with Crippen molar-refractivity contribution in [1.29, 1.82) is 0 Å². The van der Waals surface area contributed by atoms with E-state index in [-0.39, 0.29) is 11.6 Å². The molecule has 0 aliphatic carbocycles. The van der Waals surface area contributed by atoms with E-state index in [1.165, 1.54) is 16.7 Å². The first-order valence-electron chi connectivity index (χ1n) is 6.47. The molecule has 1 aromatic heterocycles. The van der Waals surface area contributed by atoms with Crippen LogP contribution in [0.3, 0.4) is 0 Å². The lowest BCUT2D eigenvalue weighted by atomic mass is 10.1. The number of H-pyrrole nitrogens is 1. The molecule has 0 radical (unpaired) electrons. The zero-order valence-corrected chi connectivity index (χ0v) is 11.3. The van der Waals surface area contributed by atoms with Gasteiger partial charge in [0.2, 0.25) is 0 Å². The number of nitrogens with zero attached hydrogens (tertiary/aromatic N) is 1. The molecule has 2 aromatic rings. The van der Waals surface area contributed by atoms with Crippen LogP contribution in [0.2, 0.25) is 0 Å². The fraction of sp³-hybridized carbons (Fsp3) is 0.357. The summed E-state index contributed by atoms with van der Waals surface area (Å²) in [6.45, 7) is 3.87. The Kier molecular flexibility index (Phi) is 3.74. The predicted octanol–water partition coefficient (Wildman–Crippen LogP) is 1.75. The van der Waals surface area contributed by atoms with Crippen molar-refractivity contribution >= 4 is 17.0 Å². The fourth-order valence-electron chi connectivity index (χ4n) is 2.36. The average molecular weight is 276 g/mol. The van der Waals surface area contributed by atoms with E-state index in [0.29, 0.717) is 11.0 Å². The van der Waals surface area contributed by atoms with Gasteiger partial charge in [-0.05, 0) is 31.5 Å². The number of carboxylic acid groups (broad SMARTS) is 1. The number of rotatable bonds is 4. The van der Waals surface area contributed by atoms with Crippen LogP contribution in [-0.4, -0.2) is 20.6 Å². The second-order valence-electron chi connectivity index (χ2n) is 4.80. The van der Waals surface area contributed by atoms with Crippen molar-refractivity contribution in [2.75, 3.05) is 0 Å². The Balaban J connectivity index is 2.78. The molecule has 0 spiro atoms. The molecule has 1 aromatic carbocycles. The highest BCUT2D eigenvalue weighted by molar-refractivity contribution is 5.92. The van der Waals surface area contributed by atoms with Crippen LogP contribution >= 0.6 is 0 Å². The van der Waals surface area contributed by atoms with E-state index in [1.807, 2.05) is 13.8 Å². The number of carbonyl (C=O) groups is 1. The SMILES string of the molecule is CCCC(C)n1c(=O)c(=O)[nH]c2cc(C(=O)O)ccc21. The monoisotopic (exact) mass is 276 g/mol. The van der Waals surface area contributed by atoms with Crippen LogP contribution in [0.15, 0.2) is 27.8 Å². The number of aromatic carboxylic acids is 1. The van der Waals surface area contributed by atoms with Gasteiger partial charge in [0.05, 0.1) is 16.6 Å². The molecule has 0 saturated carbocycles. The number of benzene rings is 1. The number of nitrogens with one attached hydrogen (secondary N) is 1. The van der Waals surface area contributed by atoms with Crippen molar-refractivity contribution in [2.45, 2.75) is 32.7 Å². The number of hydrogen-bond acceptors (Lipinski definition) is 3. The van der Waals surface area contributed by atoms with Crippen LogP contribution in [-0.2, 0) is 0 Å². The molecule has 20 heavy (non-hydrogen) atoms. The Morgan fingerprint density at radius 3 is 2.70 bits per heavy atom. The van der Waals surface area contributed by atoms with Gasteiger partial charge in [0, 0.05) is 6.04 Å². The summed E-state index contributed by atoms with van der Waals surface area (Å²) in [4.78, 5) is 37.1. The number of fused-ring (bicyclic) bond motifs is 1. The molecule has 0 fully saturated rings. The van der Waals surface area contributed by atoms with E-state index in [4.69, 9.17) is 5.11 Å². The first-order valence-corrected chi connectivity index (χ1v) is 6.47. The third kappa shape index (κ3) is 2.36. The number of carboxylic acids is 1. The van der Waals surface area contributed by atoms with Gasteiger partial charge in [-0.3, -0.25) is 14.2 Å². The standard InChI is InChI=1S/C14H16N2O4/c1-3-4-8(2)16-11-6-5-9(14(19)20)7-10(11)15-12(17)13(16)18/h5-8H,3-4H2,1-2H3,(H,15,17)(H,19,20). The molecule has 0 saturated heterocycles. The summed E-state index contributed by atoms with van der Waals surface area (Å²) >= 11 is 0. The van der Waals surface area contributed by atoms with Crippen LogP contribution in [0.5, 0.6) is 0 Å². The summed E-state index contributed by atoms with van der Waals surface area (Å²) in [5.74, 6) is -1.08. The van der Waals surface area contributed by atoms with Gasteiger partial charge in [-0.25, -0.2) is 4.79 Å². The van der Waals surface area contributed by atoms with Gasteiger partial charge in [-0.15, -0.1) is 0 Å². The van der Waals surface area contributed by atoms with Crippen molar-refractivity contribution in [1.82, 2.24) is 9.55 Å². The maximum Gasteiger partial charge on any atom is 0.335 e. The lowest BCUT2D eigenvalue weighted by Gasteiger charge is -2.16. The Hall–Kier alpha value is -2.37. The molecule has 1 unspecified atom stereocenters. The van der Waals surface area contributed by atoms with Crippen LogP contribution < -0.4 is 11.1 Å². The average Bonchev–Trinajstić information content (AvgIpc) is 2.39. The van der Waals surface area contributed by atoms with Crippen LogP contribution in [0.1, 0.15) is 43.1 Å². The Labute approximate surface area is 114 Å². The normalized spacial score (nSPS) is 12.5. The third-order valence-corrected chi connectivity index (χ3v) is 3.31. The van der Waals surface area contributed by atoms with Gasteiger partial charge in [0.1, 0.15) is 0 Å². The summed E-state index contributed by atoms with van der Waals surface area (Å²) < 4.78 is 1.43. The van der Waals surface area contributed by atoms with Gasteiger partial charge < -0.3 is 10.1 Å². The quantitative estimate of drug-likeness (QED) is 0.832. The highest BCUT2D eigenvalue weighted by Gasteiger charge is 2.14. The topological polar surface area (TPSA) is 92.2 Å². The molecule has 0 amide bonds. The van der Waals surface area contributed by atoms with Crippen LogP contribution in [0.25, 0.3) is 11.0 Å². The van der Waals surface area contributed by atoms with E-state index in [0.717, 1.165) is 12.8 Å². The second kappa shape index (κ2) is 5.32. The van der Waals surface area contributed by atoms with E-state index >= 15 is 0 Å². The molecule has 2 rings (SSSR count). The molecule has 0 aliphatic rings. The minimum atomic E-state index is -1.08. The Morgan fingerprint density at radius 1 is 1.40 bits per heavy atom.